The van der Waals surface area contributed by atoms with Gasteiger partial charge in [0.05, 0.1) is 5.52 Å². The van der Waals surface area contributed by atoms with Crippen molar-refractivity contribution in [3.05, 3.63) is 71.6 Å². The van der Waals surface area contributed by atoms with E-state index in [9.17, 15) is 0 Å². The van der Waals surface area contributed by atoms with Crippen molar-refractivity contribution < 1.29 is 0 Å². The van der Waals surface area contributed by atoms with Gasteiger partial charge < -0.3 is 11.1 Å². The molecule has 128 valence electrons. The maximum absolute atomic E-state index is 6.31. The fraction of sp³-hybridized carbons (Fsp3) is 0. The Morgan fingerprint density at radius 3 is 2.58 bits per heavy atom. The molecular weight excluding hydrogens is 410 g/mol. The predicted octanol–water partition coefficient (Wildman–Crippen LogP) is 5.26. The Labute approximate surface area is 163 Å². The van der Waals surface area contributed by atoms with E-state index in [0.717, 1.165) is 26.0 Å². The second-order valence-corrected chi connectivity index (χ2v) is 7.45. The molecule has 4 aromatic rings. The molecule has 0 bridgehead atoms. The Balaban J connectivity index is 1.66. The van der Waals surface area contributed by atoms with Gasteiger partial charge >= 0.3 is 0 Å². The smallest absolute Gasteiger partial charge is 0.158 e. The number of nitrogens with one attached hydrogen (secondary N) is 1. The Bertz CT molecular complexity index is 1060. The van der Waals surface area contributed by atoms with Crippen molar-refractivity contribution in [3.8, 4) is 0 Å². The Morgan fingerprint density at radius 1 is 0.923 bits per heavy atom. The summed E-state index contributed by atoms with van der Waals surface area (Å²) in [6.45, 7) is 0. The highest BCUT2D eigenvalue weighted by Crippen LogP contribution is 2.36. The highest BCUT2D eigenvalue weighted by molar-refractivity contribution is 9.10. The van der Waals surface area contributed by atoms with Gasteiger partial charge in [-0.25, -0.2) is 9.97 Å². The lowest BCUT2D eigenvalue weighted by Crippen LogP contribution is -2.02. The Hall–Kier alpha value is -2.64. The minimum absolute atomic E-state index is 0.508. The summed E-state index contributed by atoms with van der Waals surface area (Å²) in [5, 5.41) is 5.01. The second kappa shape index (κ2) is 7.31. The number of nitrogens with zero attached hydrogens (tertiary/aromatic N) is 3. The predicted molar refractivity (Wildman–Crippen MR) is 110 cm³/mol. The first-order chi connectivity index (χ1) is 12.7. The minimum Gasteiger partial charge on any atom is -0.394 e. The van der Waals surface area contributed by atoms with Crippen LogP contribution in [0.2, 0.25) is 0 Å². The van der Waals surface area contributed by atoms with Crippen LogP contribution in [0.3, 0.4) is 0 Å². The van der Waals surface area contributed by atoms with Gasteiger partial charge in [-0.15, -0.1) is 0 Å². The number of anilines is 3. The molecule has 0 fully saturated rings. The van der Waals surface area contributed by atoms with Crippen LogP contribution in [-0.2, 0) is 0 Å². The maximum Gasteiger partial charge on any atom is 0.158 e. The molecule has 3 N–H and O–H groups in total. The molecular formula is C19H14BrN5S. The number of pyridine rings is 1. The van der Waals surface area contributed by atoms with Crippen molar-refractivity contribution in [2.45, 2.75) is 9.92 Å². The Kier molecular flexibility index (Phi) is 4.73. The molecule has 4 rings (SSSR count). The van der Waals surface area contributed by atoms with Crippen LogP contribution < -0.4 is 11.1 Å². The van der Waals surface area contributed by atoms with Crippen LogP contribution in [0.15, 0.2) is 81.5 Å². The van der Waals surface area contributed by atoms with Crippen LogP contribution in [0, 0.1) is 0 Å². The summed E-state index contributed by atoms with van der Waals surface area (Å²) >= 11 is 4.91. The molecule has 0 amide bonds. The van der Waals surface area contributed by atoms with Crippen LogP contribution in [-0.4, -0.2) is 15.0 Å². The fourth-order valence-corrected chi connectivity index (χ4v) is 3.69. The molecule has 2 aromatic heterocycles. The third-order valence-corrected chi connectivity index (χ3v) is 5.35. The number of para-hydroxylation sites is 1. The summed E-state index contributed by atoms with van der Waals surface area (Å²) in [6.07, 6.45) is 3.30. The number of rotatable bonds is 4. The summed E-state index contributed by atoms with van der Waals surface area (Å²) in [7, 11) is 0. The normalized spacial score (nSPS) is 10.8. The zero-order chi connectivity index (χ0) is 17.9. The SMILES string of the molecule is Nc1c(Nc2ccc(Br)cc2)ncnc1Sc1cccc2cccnc12. The molecule has 0 spiro atoms. The van der Waals surface area contributed by atoms with Crippen molar-refractivity contribution in [3.63, 3.8) is 0 Å². The summed E-state index contributed by atoms with van der Waals surface area (Å²) in [5.74, 6) is 0.581. The number of hydrogen-bond acceptors (Lipinski definition) is 6. The zero-order valence-corrected chi connectivity index (χ0v) is 16.0. The lowest BCUT2D eigenvalue weighted by atomic mass is 10.2. The number of halogens is 1. The quantitative estimate of drug-likeness (QED) is 0.435. The first kappa shape index (κ1) is 16.8. The first-order valence-electron chi connectivity index (χ1n) is 7.85. The molecule has 5 nitrogen and oxygen atoms in total. The van der Waals surface area contributed by atoms with Crippen LogP contribution in [0.25, 0.3) is 10.9 Å². The van der Waals surface area contributed by atoms with Crippen molar-refractivity contribution >= 4 is 55.8 Å². The van der Waals surface area contributed by atoms with E-state index < -0.39 is 0 Å². The van der Waals surface area contributed by atoms with Crippen LogP contribution in [0.4, 0.5) is 17.2 Å². The van der Waals surface area contributed by atoms with E-state index in [1.54, 1.807) is 6.20 Å². The van der Waals surface area contributed by atoms with E-state index in [-0.39, 0.29) is 0 Å². The molecule has 0 aliphatic carbocycles. The number of aromatic nitrogens is 3. The highest BCUT2D eigenvalue weighted by atomic mass is 79.9. The van der Waals surface area contributed by atoms with Crippen LogP contribution >= 0.6 is 27.7 Å². The molecule has 0 radical (unpaired) electrons. The molecule has 26 heavy (non-hydrogen) atoms. The lowest BCUT2D eigenvalue weighted by Gasteiger charge is -2.11. The lowest BCUT2D eigenvalue weighted by molar-refractivity contribution is 1.06. The molecule has 0 atom stereocenters. The average molecular weight is 424 g/mol. The van der Waals surface area contributed by atoms with Gasteiger partial charge in [0, 0.05) is 26.6 Å². The topological polar surface area (TPSA) is 76.7 Å². The van der Waals surface area contributed by atoms with Crippen LogP contribution in [0.5, 0.6) is 0 Å². The van der Waals surface area contributed by atoms with Crippen LogP contribution in [0.1, 0.15) is 0 Å². The molecule has 7 heteroatoms. The van der Waals surface area contributed by atoms with Crippen molar-refractivity contribution in [2.24, 2.45) is 0 Å². The first-order valence-corrected chi connectivity index (χ1v) is 9.46. The van der Waals surface area contributed by atoms with Gasteiger partial charge in [-0.1, -0.05) is 45.9 Å². The summed E-state index contributed by atoms with van der Waals surface area (Å²) < 4.78 is 1.01. The van der Waals surface area contributed by atoms with E-state index in [4.69, 9.17) is 5.73 Å². The van der Waals surface area contributed by atoms with Crippen molar-refractivity contribution in [1.29, 1.82) is 0 Å². The molecule has 2 aromatic carbocycles. The minimum atomic E-state index is 0.508. The molecule has 0 aliphatic heterocycles. The van der Waals surface area contributed by atoms with Gasteiger partial charge in [0.1, 0.15) is 17.0 Å². The number of hydrogen-bond donors (Lipinski definition) is 2. The van der Waals surface area contributed by atoms with E-state index >= 15 is 0 Å². The standard InChI is InChI=1S/C19H14BrN5S/c20-13-6-8-14(9-7-13)25-18-16(21)19(24-11-23-18)26-15-5-1-3-12-4-2-10-22-17(12)15/h1-11H,21H2,(H,23,24,25). The van der Waals surface area contributed by atoms with Gasteiger partial charge in [-0.3, -0.25) is 4.98 Å². The van der Waals surface area contributed by atoms with Gasteiger partial charge in [0.15, 0.2) is 5.82 Å². The number of benzene rings is 2. The zero-order valence-electron chi connectivity index (χ0n) is 13.6. The largest absolute Gasteiger partial charge is 0.394 e. The van der Waals surface area contributed by atoms with E-state index in [1.807, 2.05) is 54.6 Å². The van der Waals surface area contributed by atoms with Crippen molar-refractivity contribution in [2.75, 3.05) is 11.1 Å². The molecule has 0 saturated heterocycles. The molecule has 0 unspecified atom stereocenters. The summed E-state index contributed by atoms with van der Waals surface area (Å²) in [4.78, 5) is 14.1. The monoisotopic (exact) mass is 423 g/mol. The Morgan fingerprint density at radius 2 is 1.73 bits per heavy atom. The van der Waals surface area contributed by atoms with Gasteiger partial charge in [0.25, 0.3) is 0 Å². The maximum atomic E-state index is 6.31. The van der Waals surface area contributed by atoms with Gasteiger partial charge in [-0.2, -0.15) is 0 Å². The number of fused-ring (bicyclic) bond motifs is 1. The highest BCUT2D eigenvalue weighted by Gasteiger charge is 2.12. The van der Waals surface area contributed by atoms with Gasteiger partial charge in [-0.05, 0) is 36.4 Å². The summed E-state index contributed by atoms with van der Waals surface area (Å²) in [5.41, 5.74) is 8.66. The molecule has 2 heterocycles. The van der Waals surface area contributed by atoms with Crippen molar-refractivity contribution in [1.82, 2.24) is 15.0 Å². The number of nitrogens with two attached hydrogens (primary N) is 1. The van der Waals surface area contributed by atoms with Gasteiger partial charge in [0.2, 0.25) is 0 Å². The molecule has 0 aliphatic rings. The third-order valence-electron chi connectivity index (χ3n) is 3.76. The van der Waals surface area contributed by atoms with E-state index in [2.05, 4.69) is 36.2 Å². The second-order valence-electron chi connectivity index (χ2n) is 5.51. The molecule has 0 saturated carbocycles. The fourth-order valence-electron chi connectivity index (χ4n) is 2.49. The third kappa shape index (κ3) is 3.49. The number of nitrogen functional groups attached to an aromatic ring is 1. The van der Waals surface area contributed by atoms with E-state index in [0.29, 0.717) is 16.5 Å². The summed E-state index contributed by atoms with van der Waals surface area (Å²) in [6, 6.07) is 17.8. The van der Waals surface area contributed by atoms with E-state index in [1.165, 1.54) is 18.1 Å². The average Bonchev–Trinajstić information content (AvgIpc) is 2.67.